The Labute approximate surface area is 144 Å². The predicted octanol–water partition coefficient (Wildman–Crippen LogP) is 4.52. The highest BCUT2D eigenvalue weighted by atomic mass is 16.1. The molecule has 1 aliphatic rings. The van der Waals surface area contributed by atoms with Crippen molar-refractivity contribution in [2.24, 2.45) is 4.99 Å². The number of hydrogen-bond donors (Lipinski definition) is 0. The van der Waals surface area contributed by atoms with Gasteiger partial charge in [0.2, 0.25) is 0 Å². The van der Waals surface area contributed by atoms with Crippen LogP contribution in [0.3, 0.4) is 0 Å². The molecule has 1 aliphatic heterocycles. The van der Waals surface area contributed by atoms with E-state index in [1.165, 1.54) is 5.56 Å². The quantitative estimate of drug-likeness (QED) is 0.759. The molecule has 0 atom stereocenters. The summed E-state index contributed by atoms with van der Waals surface area (Å²) in [5.74, 6) is 1.17. The lowest BCUT2D eigenvalue weighted by Gasteiger charge is -2.28. The van der Waals surface area contributed by atoms with Gasteiger partial charge in [-0.15, -0.1) is 0 Å². The first kappa shape index (κ1) is 16.4. The number of carbonyl (C=O) groups is 1. The van der Waals surface area contributed by atoms with Crippen molar-refractivity contribution in [3.63, 3.8) is 0 Å². The molecule has 3 nitrogen and oxygen atoms in total. The summed E-state index contributed by atoms with van der Waals surface area (Å²) >= 11 is 0. The summed E-state index contributed by atoms with van der Waals surface area (Å²) < 4.78 is 0. The summed E-state index contributed by atoms with van der Waals surface area (Å²) in [6.07, 6.45) is 4.24. The first-order valence-electron chi connectivity index (χ1n) is 8.76. The molecular formula is C21H24N2O. The second-order valence-electron chi connectivity index (χ2n) is 6.15. The zero-order valence-corrected chi connectivity index (χ0v) is 14.2. The van der Waals surface area contributed by atoms with Gasteiger partial charge in [-0.25, -0.2) is 0 Å². The van der Waals surface area contributed by atoms with Gasteiger partial charge in [0.05, 0.1) is 6.54 Å². The van der Waals surface area contributed by atoms with Gasteiger partial charge in [0, 0.05) is 24.2 Å². The Morgan fingerprint density at radius 3 is 2.42 bits per heavy atom. The van der Waals surface area contributed by atoms with Crippen molar-refractivity contribution in [3.05, 3.63) is 65.7 Å². The molecule has 2 aromatic rings. The Morgan fingerprint density at radius 2 is 1.79 bits per heavy atom. The molecule has 0 saturated heterocycles. The van der Waals surface area contributed by atoms with Gasteiger partial charge in [0.25, 0.3) is 0 Å². The minimum atomic E-state index is 0.128. The van der Waals surface area contributed by atoms with Crippen LogP contribution in [0, 0.1) is 0 Å². The van der Waals surface area contributed by atoms with Crippen molar-refractivity contribution < 1.29 is 4.79 Å². The molecule has 124 valence electrons. The van der Waals surface area contributed by atoms with Crippen LogP contribution < -0.4 is 4.90 Å². The fourth-order valence-corrected chi connectivity index (χ4v) is 3.00. The zero-order chi connectivity index (χ0) is 16.8. The lowest BCUT2D eigenvalue weighted by Crippen LogP contribution is -2.37. The summed E-state index contributed by atoms with van der Waals surface area (Å²) in [5, 5.41) is 0. The molecule has 1 heterocycles. The van der Waals surface area contributed by atoms with Crippen LogP contribution in [0.5, 0.6) is 0 Å². The Kier molecular flexibility index (Phi) is 5.42. The van der Waals surface area contributed by atoms with Crippen molar-refractivity contribution in [1.82, 2.24) is 0 Å². The Balaban J connectivity index is 1.86. The molecule has 0 saturated carbocycles. The number of hydrogen-bond acceptors (Lipinski definition) is 3. The van der Waals surface area contributed by atoms with Crippen LogP contribution in [0.4, 0.5) is 5.69 Å². The molecule has 0 unspecified atom stereocenters. The predicted molar refractivity (Wildman–Crippen MR) is 100 cm³/mol. The van der Waals surface area contributed by atoms with Gasteiger partial charge < -0.3 is 4.90 Å². The molecule has 3 heteroatoms. The highest BCUT2D eigenvalue weighted by molar-refractivity contribution is 6.07. The number of benzene rings is 2. The van der Waals surface area contributed by atoms with Crippen LogP contribution in [0.2, 0.25) is 0 Å². The molecule has 3 rings (SSSR count). The monoisotopic (exact) mass is 320 g/mol. The van der Waals surface area contributed by atoms with Gasteiger partial charge in [-0.05, 0) is 37.0 Å². The lowest BCUT2D eigenvalue weighted by atomic mass is 10.1. The molecule has 0 amide bonds. The molecule has 0 aromatic heterocycles. The number of ketones is 1. The molecule has 0 N–H and O–H groups in total. The van der Waals surface area contributed by atoms with E-state index in [9.17, 15) is 4.79 Å². The van der Waals surface area contributed by atoms with Crippen LogP contribution in [-0.4, -0.2) is 24.7 Å². The highest BCUT2D eigenvalue weighted by Crippen LogP contribution is 2.21. The summed E-state index contributed by atoms with van der Waals surface area (Å²) in [4.78, 5) is 19.5. The number of Topliss-reactive ketones (excluding diaryl/α,β-unsaturated/α-hetero) is 1. The summed E-state index contributed by atoms with van der Waals surface area (Å²) in [7, 11) is 0. The average molecular weight is 320 g/mol. The third-order valence-electron chi connectivity index (χ3n) is 4.47. The second kappa shape index (κ2) is 7.91. The van der Waals surface area contributed by atoms with E-state index in [2.05, 4.69) is 41.1 Å². The van der Waals surface area contributed by atoms with Crippen molar-refractivity contribution >= 4 is 17.3 Å². The number of nitrogens with zero attached hydrogens (tertiary/aromatic N) is 2. The van der Waals surface area contributed by atoms with Gasteiger partial charge >= 0.3 is 0 Å². The Hall–Kier alpha value is -2.42. The topological polar surface area (TPSA) is 32.7 Å². The lowest BCUT2D eigenvalue weighted by molar-refractivity contribution is 0.100. The number of anilines is 1. The van der Waals surface area contributed by atoms with Crippen molar-refractivity contribution in [1.29, 1.82) is 0 Å². The molecule has 24 heavy (non-hydrogen) atoms. The fraction of sp³-hybridized carbons (Fsp3) is 0.333. The van der Waals surface area contributed by atoms with Crippen LogP contribution in [0.25, 0.3) is 0 Å². The van der Waals surface area contributed by atoms with Crippen LogP contribution >= 0.6 is 0 Å². The average Bonchev–Trinajstić information content (AvgIpc) is 2.67. The number of aryl methyl sites for hydroxylation is 1. The van der Waals surface area contributed by atoms with Crippen LogP contribution in [-0.2, 0) is 6.42 Å². The van der Waals surface area contributed by atoms with Gasteiger partial charge in [-0.1, -0.05) is 49.4 Å². The molecule has 0 aliphatic carbocycles. The highest BCUT2D eigenvalue weighted by Gasteiger charge is 2.19. The van der Waals surface area contributed by atoms with Gasteiger partial charge in [-0.3, -0.25) is 9.79 Å². The standard InChI is InChI=1S/C21H24N2O/c1-2-17-11-13-19(14-12-17)23(21-10-6-7-15-22-21)16-20(24)18-8-4-3-5-9-18/h3-5,8-9,11-14H,2,6-7,10,15-16H2,1H3. The number of carbonyl (C=O) groups excluding carboxylic acids is 1. The maximum Gasteiger partial charge on any atom is 0.182 e. The van der Waals surface area contributed by atoms with Crippen molar-refractivity contribution in [2.75, 3.05) is 18.0 Å². The summed E-state index contributed by atoms with van der Waals surface area (Å²) in [6, 6.07) is 18.0. The molecule has 0 fully saturated rings. The molecule has 0 bridgehead atoms. The minimum Gasteiger partial charge on any atom is -0.322 e. The Morgan fingerprint density at radius 1 is 1.04 bits per heavy atom. The summed E-state index contributed by atoms with van der Waals surface area (Å²) in [5.41, 5.74) is 3.11. The van der Waals surface area contributed by atoms with E-state index in [0.717, 1.165) is 49.3 Å². The van der Waals surface area contributed by atoms with E-state index in [-0.39, 0.29) is 5.78 Å². The fourth-order valence-electron chi connectivity index (χ4n) is 3.00. The molecule has 2 aromatic carbocycles. The minimum absolute atomic E-state index is 0.128. The smallest absolute Gasteiger partial charge is 0.182 e. The SMILES string of the molecule is CCc1ccc(N(CC(=O)c2ccccc2)C2=NCCCC2)cc1. The maximum atomic E-state index is 12.7. The van der Waals surface area contributed by atoms with E-state index < -0.39 is 0 Å². The van der Waals surface area contributed by atoms with Crippen molar-refractivity contribution in [2.45, 2.75) is 32.6 Å². The molecule has 0 spiro atoms. The van der Waals surface area contributed by atoms with E-state index in [0.29, 0.717) is 6.54 Å². The van der Waals surface area contributed by atoms with Crippen LogP contribution in [0.1, 0.15) is 42.1 Å². The Bertz CT molecular complexity index is 704. The van der Waals surface area contributed by atoms with Gasteiger partial charge in [-0.2, -0.15) is 0 Å². The van der Waals surface area contributed by atoms with Crippen LogP contribution in [0.15, 0.2) is 59.6 Å². The first-order chi connectivity index (χ1) is 11.8. The molecule has 0 radical (unpaired) electrons. The van der Waals surface area contributed by atoms with Gasteiger partial charge in [0.1, 0.15) is 5.84 Å². The third kappa shape index (κ3) is 3.91. The van der Waals surface area contributed by atoms with Gasteiger partial charge in [0.15, 0.2) is 5.78 Å². The number of aliphatic imine (C=N–C) groups is 1. The van der Waals surface area contributed by atoms with E-state index in [4.69, 9.17) is 0 Å². The van der Waals surface area contributed by atoms with E-state index >= 15 is 0 Å². The first-order valence-corrected chi connectivity index (χ1v) is 8.76. The van der Waals surface area contributed by atoms with Crippen molar-refractivity contribution in [3.8, 4) is 0 Å². The van der Waals surface area contributed by atoms with E-state index in [1.54, 1.807) is 0 Å². The number of amidine groups is 1. The normalized spacial score (nSPS) is 14.1. The second-order valence-corrected chi connectivity index (χ2v) is 6.15. The third-order valence-corrected chi connectivity index (χ3v) is 4.47. The van der Waals surface area contributed by atoms with E-state index in [1.807, 2.05) is 30.3 Å². The molecular weight excluding hydrogens is 296 g/mol. The summed E-state index contributed by atoms with van der Waals surface area (Å²) in [6.45, 7) is 3.35. The number of rotatable bonds is 5. The zero-order valence-electron chi connectivity index (χ0n) is 14.2. The maximum absolute atomic E-state index is 12.7. The largest absolute Gasteiger partial charge is 0.322 e.